The van der Waals surface area contributed by atoms with Gasteiger partial charge in [-0.2, -0.15) is 0 Å². The fourth-order valence-corrected chi connectivity index (χ4v) is 2.05. The lowest BCUT2D eigenvalue weighted by Crippen LogP contribution is -1.97. The predicted octanol–water partition coefficient (Wildman–Crippen LogP) is 5.08. The molecule has 0 unspecified atom stereocenters. The van der Waals surface area contributed by atoms with E-state index in [1.165, 1.54) is 38.2 Å². The molecular formula is C19H26O3. The molecular weight excluding hydrogens is 276 g/mol. The molecule has 0 spiro atoms. The van der Waals surface area contributed by atoms with Gasteiger partial charge in [0.2, 0.25) is 0 Å². The summed E-state index contributed by atoms with van der Waals surface area (Å²) in [4.78, 5) is 10.3. The van der Waals surface area contributed by atoms with Gasteiger partial charge in [0.1, 0.15) is 5.75 Å². The van der Waals surface area contributed by atoms with Gasteiger partial charge in [0.15, 0.2) is 0 Å². The average molecular weight is 302 g/mol. The molecule has 0 saturated heterocycles. The molecule has 0 fully saturated rings. The highest BCUT2D eigenvalue weighted by Crippen LogP contribution is 2.14. The van der Waals surface area contributed by atoms with E-state index >= 15 is 0 Å². The lowest BCUT2D eigenvalue weighted by atomic mass is 10.1. The van der Waals surface area contributed by atoms with Gasteiger partial charge in [-0.25, -0.2) is 4.79 Å². The molecule has 3 heteroatoms. The van der Waals surface area contributed by atoms with Crippen molar-refractivity contribution in [2.45, 2.75) is 45.4 Å². The topological polar surface area (TPSA) is 46.5 Å². The molecule has 1 aromatic rings. The Kier molecular flexibility index (Phi) is 9.51. The summed E-state index contributed by atoms with van der Waals surface area (Å²) in [5.41, 5.74) is 1.02. The fourth-order valence-electron chi connectivity index (χ4n) is 2.05. The van der Waals surface area contributed by atoms with Crippen LogP contribution < -0.4 is 4.74 Å². The maximum Gasteiger partial charge on any atom is 0.328 e. The van der Waals surface area contributed by atoms with E-state index in [4.69, 9.17) is 9.84 Å². The standard InChI is InChI=1S/C19H26O3/c1-2-3-4-5-6-9-16-22-18-14-12-17(13-15-18)10-7-8-11-19(20)21/h7-8,10-15H,2-6,9,16H2,1H3,(H,20,21)/b10-7-,11-8+. The third-order valence-corrected chi connectivity index (χ3v) is 3.29. The SMILES string of the molecule is CCCCCCCCOc1ccc(/C=C\C=C\C(=O)O)cc1. The summed E-state index contributed by atoms with van der Waals surface area (Å²) in [6, 6.07) is 7.80. The molecule has 0 heterocycles. The molecule has 0 amide bonds. The first-order valence-corrected chi connectivity index (χ1v) is 8.03. The van der Waals surface area contributed by atoms with E-state index in [2.05, 4.69) is 6.92 Å². The molecule has 0 aliphatic heterocycles. The third-order valence-electron chi connectivity index (χ3n) is 3.29. The maximum absolute atomic E-state index is 10.3. The monoisotopic (exact) mass is 302 g/mol. The van der Waals surface area contributed by atoms with Crippen molar-refractivity contribution in [3.05, 3.63) is 48.1 Å². The number of benzene rings is 1. The molecule has 22 heavy (non-hydrogen) atoms. The smallest absolute Gasteiger partial charge is 0.328 e. The zero-order valence-electron chi connectivity index (χ0n) is 13.3. The lowest BCUT2D eigenvalue weighted by molar-refractivity contribution is -0.131. The highest BCUT2D eigenvalue weighted by molar-refractivity contribution is 5.80. The number of ether oxygens (including phenoxy) is 1. The Morgan fingerprint density at radius 3 is 2.41 bits per heavy atom. The number of carbonyl (C=O) groups is 1. The predicted molar refractivity (Wildman–Crippen MR) is 91.1 cm³/mol. The molecule has 0 atom stereocenters. The van der Waals surface area contributed by atoms with Crippen LogP contribution in [0.1, 0.15) is 51.0 Å². The normalized spacial score (nSPS) is 11.3. The Bertz CT molecular complexity index is 472. The molecule has 0 aromatic heterocycles. The van der Waals surface area contributed by atoms with Crippen molar-refractivity contribution in [3.63, 3.8) is 0 Å². The molecule has 0 saturated carbocycles. The molecule has 0 radical (unpaired) electrons. The molecule has 0 bridgehead atoms. The van der Waals surface area contributed by atoms with Gasteiger partial charge in [-0.15, -0.1) is 0 Å². The van der Waals surface area contributed by atoms with Gasteiger partial charge in [0.25, 0.3) is 0 Å². The first-order chi connectivity index (χ1) is 10.7. The fraction of sp³-hybridized carbons (Fsp3) is 0.421. The highest BCUT2D eigenvalue weighted by Gasteiger charge is 1.94. The minimum Gasteiger partial charge on any atom is -0.494 e. The summed E-state index contributed by atoms with van der Waals surface area (Å²) in [5.74, 6) is -0.0603. The number of carboxylic acids is 1. The van der Waals surface area contributed by atoms with Crippen LogP contribution in [0.3, 0.4) is 0 Å². The van der Waals surface area contributed by atoms with E-state index in [1.54, 1.807) is 6.08 Å². The van der Waals surface area contributed by atoms with Crippen molar-refractivity contribution in [1.82, 2.24) is 0 Å². The first kappa shape index (κ1) is 18.0. The van der Waals surface area contributed by atoms with Crippen LogP contribution in [0.15, 0.2) is 42.5 Å². The molecule has 120 valence electrons. The number of rotatable bonds is 11. The Hall–Kier alpha value is -2.03. The zero-order chi connectivity index (χ0) is 16.0. The highest BCUT2D eigenvalue weighted by atomic mass is 16.5. The molecule has 0 aliphatic carbocycles. The Labute approximate surface area is 133 Å². The van der Waals surface area contributed by atoms with Gasteiger partial charge >= 0.3 is 5.97 Å². The van der Waals surface area contributed by atoms with Crippen molar-refractivity contribution in [2.24, 2.45) is 0 Å². The summed E-state index contributed by atoms with van der Waals surface area (Å²) < 4.78 is 5.71. The van der Waals surface area contributed by atoms with Gasteiger partial charge in [-0.05, 0) is 24.1 Å². The molecule has 3 nitrogen and oxygen atoms in total. The van der Waals surface area contributed by atoms with Crippen LogP contribution in [0.2, 0.25) is 0 Å². The van der Waals surface area contributed by atoms with Crippen LogP contribution in [0.25, 0.3) is 6.08 Å². The van der Waals surface area contributed by atoms with Crippen LogP contribution >= 0.6 is 0 Å². The van der Waals surface area contributed by atoms with Crippen molar-refractivity contribution < 1.29 is 14.6 Å². The quantitative estimate of drug-likeness (QED) is 0.352. The van der Waals surface area contributed by atoms with Crippen molar-refractivity contribution in [1.29, 1.82) is 0 Å². The minimum atomic E-state index is -0.942. The number of hydrogen-bond acceptors (Lipinski definition) is 2. The first-order valence-electron chi connectivity index (χ1n) is 8.03. The van der Waals surface area contributed by atoms with E-state index in [1.807, 2.05) is 30.3 Å². The third kappa shape index (κ3) is 9.01. The van der Waals surface area contributed by atoms with Gasteiger partial charge < -0.3 is 9.84 Å². The van der Waals surface area contributed by atoms with Gasteiger partial charge in [-0.3, -0.25) is 0 Å². The molecule has 1 N–H and O–H groups in total. The largest absolute Gasteiger partial charge is 0.494 e. The Balaban J connectivity index is 2.23. The second-order valence-corrected chi connectivity index (χ2v) is 5.24. The number of allylic oxidation sites excluding steroid dienone is 2. The Morgan fingerprint density at radius 1 is 1.05 bits per heavy atom. The number of carboxylic acid groups (broad SMARTS) is 1. The Morgan fingerprint density at radius 2 is 1.73 bits per heavy atom. The van der Waals surface area contributed by atoms with Gasteiger partial charge in [0.05, 0.1) is 6.61 Å². The van der Waals surface area contributed by atoms with Crippen LogP contribution in [-0.4, -0.2) is 17.7 Å². The van der Waals surface area contributed by atoms with E-state index in [9.17, 15) is 4.79 Å². The summed E-state index contributed by atoms with van der Waals surface area (Å²) >= 11 is 0. The summed E-state index contributed by atoms with van der Waals surface area (Å²) in [6.45, 7) is 2.99. The van der Waals surface area contributed by atoms with Gasteiger partial charge in [0, 0.05) is 6.08 Å². The van der Waals surface area contributed by atoms with Crippen molar-refractivity contribution >= 4 is 12.0 Å². The molecule has 1 aromatic carbocycles. The zero-order valence-corrected chi connectivity index (χ0v) is 13.3. The van der Waals surface area contributed by atoms with Gasteiger partial charge in [-0.1, -0.05) is 69.4 Å². The lowest BCUT2D eigenvalue weighted by Gasteiger charge is -2.06. The summed E-state index contributed by atoms with van der Waals surface area (Å²) in [7, 11) is 0. The van der Waals surface area contributed by atoms with Crippen LogP contribution in [0, 0.1) is 0 Å². The van der Waals surface area contributed by atoms with Crippen molar-refractivity contribution in [3.8, 4) is 5.75 Å². The average Bonchev–Trinajstić information content (AvgIpc) is 2.52. The van der Waals surface area contributed by atoms with E-state index in [0.717, 1.165) is 30.4 Å². The maximum atomic E-state index is 10.3. The van der Waals surface area contributed by atoms with Crippen molar-refractivity contribution in [2.75, 3.05) is 6.61 Å². The van der Waals surface area contributed by atoms with Crippen LogP contribution in [0.5, 0.6) is 5.75 Å². The molecule has 1 rings (SSSR count). The van der Waals surface area contributed by atoms with Crippen LogP contribution in [-0.2, 0) is 4.79 Å². The summed E-state index contributed by atoms with van der Waals surface area (Å²) in [5, 5.41) is 8.47. The molecule has 0 aliphatic rings. The van der Waals surface area contributed by atoms with E-state index in [0.29, 0.717) is 0 Å². The van der Waals surface area contributed by atoms with E-state index < -0.39 is 5.97 Å². The van der Waals surface area contributed by atoms with E-state index in [-0.39, 0.29) is 0 Å². The minimum absolute atomic E-state index is 0.767. The second-order valence-electron chi connectivity index (χ2n) is 5.24. The number of unbranched alkanes of at least 4 members (excludes halogenated alkanes) is 5. The second kappa shape index (κ2) is 11.6. The van der Waals surface area contributed by atoms with Crippen LogP contribution in [0.4, 0.5) is 0 Å². The number of aliphatic carboxylic acids is 1. The number of hydrogen-bond donors (Lipinski definition) is 1. The summed E-state index contributed by atoms with van der Waals surface area (Å²) in [6.07, 6.45) is 13.7.